The smallest absolute Gasteiger partial charge is 0.123 e. The van der Waals surface area contributed by atoms with Crippen molar-refractivity contribution in [2.24, 2.45) is 0 Å². The van der Waals surface area contributed by atoms with Crippen LogP contribution in [0.4, 0.5) is 0 Å². The lowest BCUT2D eigenvalue weighted by atomic mass is 9.88. The van der Waals surface area contributed by atoms with E-state index in [0.29, 0.717) is 6.61 Å². The Hall–Kier alpha value is -3.82. The second-order valence-electron chi connectivity index (χ2n) is 9.18. The minimum Gasteiger partial charge on any atom is -0.508 e. The van der Waals surface area contributed by atoms with Crippen molar-refractivity contribution in [3.63, 3.8) is 0 Å². The predicted molar refractivity (Wildman–Crippen MR) is 151 cm³/mol. The molecular weight excluding hydrogens is 442 g/mol. The van der Waals surface area contributed by atoms with Gasteiger partial charge in [0, 0.05) is 18.5 Å². The molecule has 0 saturated heterocycles. The van der Waals surface area contributed by atoms with E-state index in [1.807, 2.05) is 12.1 Å². The van der Waals surface area contributed by atoms with Crippen molar-refractivity contribution in [1.82, 2.24) is 4.90 Å². The fourth-order valence-corrected chi connectivity index (χ4v) is 5.07. The number of nitrogens with zero attached hydrogens (tertiary/aromatic N) is 1. The average Bonchev–Trinajstić information content (AvgIpc) is 2.92. The van der Waals surface area contributed by atoms with Crippen molar-refractivity contribution in [2.45, 2.75) is 20.3 Å². The second-order valence-corrected chi connectivity index (χ2v) is 9.18. The molecule has 3 heteroatoms. The number of benzene rings is 5. The average molecular weight is 476 g/mol. The van der Waals surface area contributed by atoms with Crippen molar-refractivity contribution in [3.8, 4) is 22.6 Å². The molecule has 0 aliphatic carbocycles. The highest BCUT2D eigenvalue weighted by molar-refractivity contribution is 5.94. The number of fused-ring (bicyclic) bond motifs is 2. The number of rotatable bonds is 9. The summed E-state index contributed by atoms with van der Waals surface area (Å²) in [7, 11) is 0. The fourth-order valence-electron chi connectivity index (χ4n) is 5.07. The first-order chi connectivity index (χ1) is 17.7. The van der Waals surface area contributed by atoms with Crippen LogP contribution >= 0.6 is 0 Å². The normalized spacial score (nSPS) is 11.4. The maximum absolute atomic E-state index is 9.87. The molecule has 5 rings (SSSR count). The molecule has 0 fully saturated rings. The molecule has 182 valence electrons. The molecule has 0 heterocycles. The van der Waals surface area contributed by atoms with Gasteiger partial charge >= 0.3 is 0 Å². The van der Waals surface area contributed by atoms with Crippen molar-refractivity contribution in [1.29, 1.82) is 0 Å². The number of aromatic hydroxyl groups is 1. The van der Waals surface area contributed by atoms with Crippen LogP contribution in [0, 0.1) is 0 Å². The Morgan fingerprint density at radius 2 is 1.28 bits per heavy atom. The first-order valence-electron chi connectivity index (χ1n) is 12.8. The SMILES string of the molecule is CCN(CC)CCOc1ccc2ccccc2c1Cc1c(-c2ccc(O)cc2)ccc2ccccc12. The van der Waals surface area contributed by atoms with Crippen LogP contribution in [0.2, 0.25) is 0 Å². The fraction of sp³-hybridized carbons (Fsp3) is 0.212. The third kappa shape index (κ3) is 4.93. The van der Waals surface area contributed by atoms with Gasteiger partial charge in [-0.25, -0.2) is 0 Å². The topological polar surface area (TPSA) is 32.7 Å². The molecule has 0 unspecified atom stereocenters. The summed E-state index contributed by atoms with van der Waals surface area (Å²) in [4.78, 5) is 2.38. The zero-order valence-corrected chi connectivity index (χ0v) is 21.1. The van der Waals surface area contributed by atoms with Gasteiger partial charge in [0.1, 0.15) is 18.1 Å². The summed E-state index contributed by atoms with van der Waals surface area (Å²) in [5.41, 5.74) is 4.75. The molecule has 0 radical (unpaired) electrons. The molecule has 0 bridgehead atoms. The zero-order valence-electron chi connectivity index (χ0n) is 21.1. The zero-order chi connectivity index (χ0) is 24.9. The van der Waals surface area contributed by atoms with Crippen LogP contribution in [0.15, 0.2) is 97.1 Å². The Morgan fingerprint density at radius 1 is 0.667 bits per heavy atom. The summed E-state index contributed by atoms with van der Waals surface area (Å²) >= 11 is 0. The Labute approximate surface area is 213 Å². The first-order valence-corrected chi connectivity index (χ1v) is 12.8. The van der Waals surface area contributed by atoms with Crippen LogP contribution < -0.4 is 4.74 Å². The van der Waals surface area contributed by atoms with Crippen LogP contribution in [0.3, 0.4) is 0 Å². The number of hydrogen-bond donors (Lipinski definition) is 1. The van der Waals surface area contributed by atoms with E-state index in [1.165, 1.54) is 38.2 Å². The van der Waals surface area contributed by atoms with Crippen molar-refractivity contribution in [3.05, 3.63) is 108 Å². The molecule has 5 aromatic carbocycles. The molecule has 0 aliphatic rings. The summed E-state index contributed by atoms with van der Waals surface area (Å²) < 4.78 is 6.45. The summed E-state index contributed by atoms with van der Waals surface area (Å²) in [5, 5.41) is 14.8. The van der Waals surface area contributed by atoms with E-state index >= 15 is 0 Å². The van der Waals surface area contributed by atoms with Crippen LogP contribution in [0.1, 0.15) is 25.0 Å². The van der Waals surface area contributed by atoms with Gasteiger partial charge in [-0.1, -0.05) is 92.7 Å². The van der Waals surface area contributed by atoms with Crippen molar-refractivity contribution >= 4 is 21.5 Å². The highest BCUT2D eigenvalue weighted by atomic mass is 16.5. The van der Waals surface area contributed by atoms with E-state index in [4.69, 9.17) is 4.74 Å². The van der Waals surface area contributed by atoms with Crippen LogP contribution in [0.25, 0.3) is 32.7 Å². The lowest BCUT2D eigenvalue weighted by Crippen LogP contribution is -2.28. The van der Waals surface area contributed by atoms with Gasteiger partial charge in [-0.2, -0.15) is 0 Å². The predicted octanol–water partition coefficient (Wildman–Crippen LogP) is 7.68. The third-order valence-electron chi connectivity index (χ3n) is 7.13. The second kappa shape index (κ2) is 10.8. The maximum atomic E-state index is 9.87. The maximum Gasteiger partial charge on any atom is 0.123 e. The first kappa shape index (κ1) is 23.9. The van der Waals surface area contributed by atoms with Gasteiger partial charge in [-0.15, -0.1) is 0 Å². The molecule has 5 aromatic rings. The summed E-state index contributed by atoms with van der Waals surface area (Å²) in [6, 6.07) is 33.3. The van der Waals surface area contributed by atoms with Gasteiger partial charge in [-0.05, 0) is 69.5 Å². The quantitative estimate of drug-likeness (QED) is 0.237. The highest BCUT2D eigenvalue weighted by Gasteiger charge is 2.16. The molecule has 0 saturated carbocycles. The van der Waals surface area contributed by atoms with E-state index in [2.05, 4.69) is 91.5 Å². The number of phenolic OH excluding ortho intramolecular Hbond substituents is 1. The van der Waals surface area contributed by atoms with Gasteiger partial charge in [0.2, 0.25) is 0 Å². The van der Waals surface area contributed by atoms with E-state index in [0.717, 1.165) is 37.4 Å². The largest absolute Gasteiger partial charge is 0.508 e. The molecule has 0 amide bonds. The minimum absolute atomic E-state index is 0.277. The monoisotopic (exact) mass is 475 g/mol. The van der Waals surface area contributed by atoms with E-state index in [-0.39, 0.29) is 5.75 Å². The van der Waals surface area contributed by atoms with Gasteiger partial charge < -0.3 is 14.7 Å². The van der Waals surface area contributed by atoms with E-state index in [1.54, 1.807) is 12.1 Å². The lowest BCUT2D eigenvalue weighted by Gasteiger charge is -2.21. The van der Waals surface area contributed by atoms with Gasteiger partial charge in [0.15, 0.2) is 0 Å². The van der Waals surface area contributed by atoms with Gasteiger partial charge in [0.25, 0.3) is 0 Å². The van der Waals surface area contributed by atoms with Gasteiger partial charge in [-0.3, -0.25) is 0 Å². The third-order valence-corrected chi connectivity index (χ3v) is 7.13. The summed E-state index contributed by atoms with van der Waals surface area (Å²) in [5.74, 6) is 1.23. The van der Waals surface area contributed by atoms with Crippen LogP contribution in [-0.2, 0) is 6.42 Å². The molecule has 0 aliphatic heterocycles. The molecule has 0 aromatic heterocycles. The van der Waals surface area contributed by atoms with E-state index in [9.17, 15) is 5.11 Å². The van der Waals surface area contributed by atoms with Crippen molar-refractivity contribution in [2.75, 3.05) is 26.2 Å². The van der Waals surface area contributed by atoms with Crippen LogP contribution in [0.5, 0.6) is 11.5 Å². The number of likely N-dealkylation sites (N-methyl/N-ethyl adjacent to an activating group) is 1. The van der Waals surface area contributed by atoms with Crippen LogP contribution in [-0.4, -0.2) is 36.2 Å². The number of ether oxygens (including phenoxy) is 1. The van der Waals surface area contributed by atoms with Crippen molar-refractivity contribution < 1.29 is 9.84 Å². The highest BCUT2D eigenvalue weighted by Crippen LogP contribution is 2.37. The Morgan fingerprint density at radius 3 is 1.94 bits per heavy atom. The number of phenols is 1. The number of hydrogen-bond acceptors (Lipinski definition) is 3. The standard InChI is InChI=1S/C33H33NO2/c1-3-34(4-2)21-22-36-33-20-16-25-10-6-8-12-29(25)32(33)23-31-28-11-7-5-9-24(28)15-19-30(31)26-13-17-27(35)18-14-26/h5-20,35H,3-4,21-23H2,1-2H3. The Bertz CT molecular complexity index is 1470. The Kier molecular flexibility index (Phi) is 7.20. The van der Waals surface area contributed by atoms with E-state index < -0.39 is 0 Å². The lowest BCUT2D eigenvalue weighted by molar-refractivity contribution is 0.222. The Balaban J connectivity index is 1.63. The molecule has 3 nitrogen and oxygen atoms in total. The molecular formula is C33H33NO2. The molecule has 0 spiro atoms. The minimum atomic E-state index is 0.277. The molecule has 0 atom stereocenters. The summed E-state index contributed by atoms with van der Waals surface area (Å²) in [6.45, 7) is 8.00. The summed E-state index contributed by atoms with van der Waals surface area (Å²) in [6.07, 6.45) is 0.750. The van der Waals surface area contributed by atoms with Gasteiger partial charge in [0.05, 0.1) is 0 Å². The molecule has 36 heavy (non-hydrogen) atoms. The molecule has 1 N–H and O–H groups in total.